The van der Waals surface area contributed by atoms with E-state index < -0.39 is 0 Å². The molecule has 1 aromatic carbocycles. The summed E-state index contributed by atoms with van der Waals surface area (Å²) in [6, 6.07) is 9.58. The SMILES string of the molecule is CCNC(CC(C)(C)C)c1ccc(C(C)C)cc1. The molecule has 18 heavy (non-hydrogen) atoms. The van der Waals surface area contributed by atoms with Gasteiger partial charge in [-0.3, -0.25) is 0 Å². The largest absolute Gasteiger partial charge is 0.310 e. The molecule has 0 aliphatic rings. The molecule has 0 saturated carbocycles. The summed E-state index contributed by atoms with van der Waals surface area (Å²) in [5.41, 5.74) is 3.18. The monoisotopic (exact) mass is 247 g/mol. The van der Waals surface area contributed by atoms with E-state index in [9.17, 15) is 0 Å². The second-order valence-corrected chi connectivity index (χ2v) is 6.70. The summed E-state index contributed by atoms with van der Waals surface area (Å²) in [6.07, 6.45) is 1.17. The van der Waals surface area contributed by atoms with Crippen LogP contribution in [-0.4, -0.2) is 6.54 Å². The van der Waals surface area contributed by atoms with Gasteiger partial charge in [0.2, 0.25) is 0 Å². The Balaban J connectivity index is 2.85. The van der Waals surface area contributed by atoms with Gasteiger partial charge in [-0.2, -0.15) is 0 Å². The van der Waals surface area contributed by atoms with Crippen molar-refractivity contribution >= 4 is 0 Å². The van der Waals surface area contributed by atoms with Crippen LogP contribution in [0.25, 0.3) is 0 Å². The van der Waals surface area contributed by atoms with Crippen molar-refractivity contribution in [1.29, 1.82) is 0 Å². The van der Waals surface area contributed by atoms with Gasteiger partial charge in [-0.25, -0.2) is 0 Å². The molecule has 1 atom stereocenters. The van der Waals surface area contributed by atoms with Crippen molar-refractivity contribution in [3.05, 3.63) is 35.4 Å². The first-order chi connectivity index (χ1) is 8.33. The maximum absolute atomic E-state index is 3.60. The zero-order valence-electron chi connectivity index (χ0n) is 12.9. The van der Waals surface area contributed by atoms with Gasteiger partial charge >= 0.3 is 0 Å². The quantitative estimate of drug-likeness (QED) is 0.780. The molecule has 1 heteroatoms. The molecular weight excluding hydrogens is 218 g/mol. The fraction of sp³-hybridized carbons (Fsp3) is 0.647. The summed E-state index contributed by atoms with van der Waals surface area (Å²) in [5, 5.41) is 3.60. The highest BCUT2D eigenvalue weighted by atomic mass is 14.9. The van der Waals surface area contributed by atoms with Gasteiger partial charge in [-0.1, -0.05) is 65.8 Å². The minimum absolute atomic E-state index is 0.351. The predicted octanol–water partition coefficient (Wildman–Crippen LogP) is 4.90. The average molecular weight is 247 g/mol. The van der Waals surface area contributed by atoms with Gasteiger partial charge in [0.25, 0.3) is 0 Å². The Hall–Kier alpha value is -0.820. The van der Waals surface area contributed by atoms with Crippen LogP contribution in [-0.2, 0) is 0 Å². The van der Waals surface area contributed by atoms with E-state index in [1.807, 2.05) is 0 Å². The Morgan fingerprint density at radius 3 is 1.89 bits per heavy atom. The Labute approximate surface area is 113 Å². The van der Waals surface area contributed by atoms with Gasteiger partial charge in [-0.05, 0) is 35.4 Å². The van der Waals surface area contributed by atoms with Crippen molar-refractivity contribution in [2.24, 2.45) is 5.41 Å². The van der Waals surface area contributed by atoms with Crippen molar-refractivity contribution in [3.63, 3.8) is 0 Å². The molecule has 0 fully saturated rings. The fourth-order valence-electron chi connectivity index (χ4n) is 2.28. The van der Waals surface area contributed by atoms with E-state index in [1.54, 1.807) is 0 Å². The molecule has 0 aliphatic heterocycles. The third-order valence-corrected chi connectivity index (χ3v) is 3.27. The van der Waals surface area contributed by atoms with Gasteiger partial charge < -0.3 is 5.32 Å². The summed E-state index contributed by atoms with van der Waals surface area (Å²) in [7, 11) is 0. The van der Waals surface area contributed by atoms with Crippen LogP contribution in [0.4, 0.5) is 0 Å². The second kappa shape index (κ2) is 6.38. The van der Waals surface area contributed by atoms with Crippen molar-refractivity contribution in [2.75, 3.05) is 6.54 Å². The number of hydrogen-bond acceptors (Lipinski definition) is 1. The van der Waals surface area contributed by atoms with Crippen LogP contribution in [0.1, 0.15) is 71.0 Å². The maximum Gasteiger partial charge on any atom is 0.0325 e. The molecule has 0 aliphatic carbocycles. The Bertz CT molecular complexity index is 343. The molecule has 0 spiro atoms. The van der Waals surface area contributed by atoms with E-state index >= 15 is 0 Å². The highest BCUT2D eigenvalue weighted by Gasteiger charge is 2.19. The Morgan fingerprint density at radius 1 is 1.00 bits per heavy atom. The summed E-state index contributed by atoms with van der Waals surface area (Å²) >= 11 is 0. The average Bonchev–Trinajstić information content (AvgIpc) is 2.27. The third-order valence-electron chi connectivity index (χ3n) is 3.27. The van der Waals surface area contributed by atoms with Crippen LogP contribution in [0.5, 0.6) is 0 Å². The molecule has 0 amide bonds. The summed E-state index contributed by atoms with van der Waals surface area (Å²) in [6.45, 7) is 14.6. The normalized spacial score (nSPS) is 13.9. The summed E-state index contributed by atoms with van der Waals surface area (Å²) < 4.78 is 0. The highest BCUT2D eigenvalue weighted by Crippen LogP contribution is 2.30. The van der Waals surface area contributed by atoms with E-state index in [0.29, 0.717) is 17.4 Å². The van der Waals surface area contributed by atoms with Crippen molar-refractivity contribution in [1.82, 2.24) is 5.32 Å². The van der Waals surface area contributed by atoms with Gasteiger partial charge in [0.1, 0.15) is 0 Å². The standard InChI is InChI=1S/C17H29N/c1-7-18-16(12-17(4,5)6)15-10-8-14(9-11-15)13(2)3/h8-11,13,16,18H,7,12H2,1-6H3. The van der Waals surface area contributed by atoms with E-state index in [0.717, 1.165) is 6.54 Å². The lowest BCUT2D eigenvalue weighted by Crippen LogP contribution is -2.25. The molecule has 1 unspecified atom stereocenters. The molecule has 1 N–H and O–H groups in total. The minimum atomic E-state index is 0.351. The first-order valence-corrected chi connectivity index (χ1v) is 7.16. The van der Waals surface area contributed by atoms with Crippen LogP contribution in [0.3, 0.4) is 0 Å². The van der Waals surface area contributed by atoms with Crippen LogP contribution in [0.2, 0.25) is 0 Å². The first-order valence-electron chi connectivity index (χ1n) is 7.16. The van der Waals surface area contributed by atoms with Crippen molar-refractivity contribution in [2.45, 2.75) is 59.9 Å². The van der Waals surface area contributed by atoms with E-state index in [2.05, 4.69) is 71.1 Å². The van der Waals surface area contributed by atoms with Gasteiger partial charge in [0, 0.05) is 6.04 Å². The number of benzene rings is 1. The van der Waals surface area contributed by atoms with E-state index in [4.69, 9.17) is 0 Å². The topological polar surface area (TPSA) is 12.0 Å². The van der Waals surface area contributed by atoms with Gasteiger partial charge in [0.05, 0.1) is 0 Å². The lowest BCUT2D eigenvalue weighted by molar-refractivity contribution is 0.314. The molecule has 0 radical (unpaired) electrons. The molecule has 0 saturated heterocycles. The van der Waals surface area contributed by atoms with Gasteiger partial charge in [-0.15, -0.1) is 0 Å². The second-order valence-electron chi connectivity index (χ2n) is 6.70. The minimum Gasteiger partial charge on any atom is -0.310 e. The van der Waals surface area contributed by atoms with E-state index in [-0.39, 0.29) is 0 Å². The molecule has 1 nitrogen and oxygen atoms in total. The Kier molecular flexibility index (Phi) is 5.40. The van der Waals surface area contributed by atoms with Crippen molar-refractivity contribution in [3.8, 4) is 0 Å². The molecule has 102 valence electrons. The molecule has 1 rings (SSSR count). The molecule has 0 heterocycles. The molecular formula is C17H29N. The molecule has 1 aromatic rings. The fourth-order valence-corrected chi connectivity index (χ4v) is 2.28. The van der Waals surface area contributed by atoms with E-state index in [1.165, 1.54) is 17.5 Å². The number of hydrogen-bond donors (Lipinski definition) is 1. The highest BCUT2D eigenvalue weighted by molar-refractivity contribution is 5.27. The first kappa shape index (κ1) is 15.2. The van der Waals surface area contributed by atoms with Gasteiger partial charge in [0.15, 0.2) is 0 Å². The third kappa shape index (κ3) is 4.81. The van der Waals surface area contributed by atoms with Crippen LogP contribution in [0.15, 0.2) is 24.3 Å². The van der Waals surface area contributed by atoms with Crippen LogP contribution in [0, 0.1) is 5.41 Å². The smallest absolute Gasteiger partial charge is 0.0325 e. The van der Waals surface area contributed by atoms with Crippen LogP contribution >= 0.6 is 0 Å². The predicted molar refractivity (Wildman–Crippen MR) is 81.0 cm³/mol. The maximum atomic E-state index is 3.60. The zero-order valence-corrected chi connectivity index (χ0v) is 12.9. The molecule has 0 bridgehead atoms. The Morgan fingerprint density at radius 2 is 1.50 bits per heavy atom. The lowest BCUT2D eigenvalue weighted by Gasteiger charge is -2.27. The van der Waals surface area contributed by atoms with Crippen LogP contribution < -0.4 is 5.32 Å². The molecule has 0 aromatic heterocycles. The summed E-state index contributed by atoms with van der Waals surface area (Å²) in [4.78, 5) is 0. The zero-order chi connectivity index (χ0) is 13.8. The van der Waals surface area contributed by atoms with Crippen molar-refractivity contribution < 1.29 is 0 Å². The summed E-state index contributed by atoms with van der Waals surface area (Å²) in [5.74, 6) is 0.610. The number of nitrogens with one attached hydrogen (secondary N) is 1. The number of rotatable bonds is 5. The lowest BCUT2D eigenvalue weighted by atomic mass is 9.85.